The number of amides is 1. The van der Waals surface area contributed by atoms with Crippen molar-refractivity contribution in [3.05, 3.63) is 54.1 Å². The van der Waals surface area contributed by atoms with Gasteiger partial charge in [-0.25, -0.2) is 4.98 Å². The summed E-state index contributed by atoms with van der Waals surface area (Å²) in [4.78, 5) is 19.1. The molecule has 2 heterocycles. The van der Waals surface area contributed by atoms with Gasteiger partial charge in [-0.05, 0) is 43.3 Å². The number of rotatable bonds is 5. The van der Waals surface area contributed by atoms with E-state index in [0.717, 1.165) is 28.8 Å². The molecule has 2 aromatic carbocycles. The normalized spacial score (nSPS) is 15.1. The highest BCUT2D eigenvalue weighted by Gasteiger charge is 2.25. The van der Waals surface area contributed by atoms with Gasteiger partial charge in [-0.1, -0.05) is 23.5 Å². The van der Waals surface area contributed by atoms with Crippen LogP contribution in [0.5, 0.6) is 10.9 Å². The van der Waals surface area contributed by atoms with Crippen molar-refractivity contribution in [1.29, 1.82) is 0 Å². The summed E-state index contributed by atoms with van der Waals surface area (Å²) in [6.45, 7) is 3.96. The van der Waals surface area contributed by atoms with Gasteiger partial charge in [-0.3, -0.25) is 4.79 Å². The predicted molar refractivity (Wildman–Crippen MR) is 107 cm³/mol. The Morgan fingerprint density at radius 1 is 1.15 bits per heavy atom. The molecule has 1 aromatic heterocycles. The minimum absolute atomic E-state index is 0.0662. The molecule has 0 unspecified atom stereocenters. The van der Waals surface area contributed by atoms with Crippen LogP contribution in [0.15, 0.2) is 48.5 Å². The Labute approximate surface area is 162 Å². The summed E-state index contributed by atoms with van der Waals surface area (Å²) in [7, 11) is 0. The summed E-state index contributed by atoms with van der Waals surface area (Å²) < 4.78 is 12.6. The van der Waals surface area contributed by atoms with Gasteiger partial charge in [-0.2, -0.15) is 0 Å². The lowest BCUT2D eigenvalue weighted by Crippen LogP contribution is -2.41. The molecule has 1 amide bonds. The zero-order valence-electron chi connectivity index (χ0n) is 15.3. The summed E-state index contributed by atoms with van der Waals surface area (Å²) in [5.41, 5.74) is 1.67. The number of hydrogen-bond acceptors (Lipinski definition) is 5. The molecule has 0 aliphatic carbocycles. The molecular formula is C21H22N2O3S. The molecule has 0 saturated carbocycles. The van der Waals surface area contributed by atoms with Crippen LogP contribution in [0, 0.1) is 0 Å². The smallest absolute Gasteiger partial charge is 0.274 e. The SMILES string of the molecule is CCOc1ccc(C(=O)N2CCC(Oc3nc4ccccc4s3)CC2)cc1. The number of piperidine rings is 1. The molecule has 0 N–H and O–H groups in total. The molecule has 140 valence electrons. The van der Waals surface area contributed by atoms with E-state index in [4.69, 9.17) is 9.47 Å². The molecular weight excluding hydrogens is 360 g/mol. The number of fused-ring (bicyclic) bond motifs is 1. The average molecular weight is 382 g/mol. The second-order valence-electron chi connectivity index (χ2n) is 6.51. The predicted octanol–water partition coefficient (Wildman–Crippen LogP) is 4.38. The van der Waals surface area contributed by atoms with Gasteiger partial charge >= 0.3 is 0 Å². The largest absolute Gasteiger partial charge is 0.494 e. The second kappa shape index (κ2) is 7.96. The average Bonchev–Trinajstić information content (AvgIpc) is 3.11. The van der Waals surface area contributed by atoms with Gasteiger partial charge in [0, 0.05) is 31.5 Å². The van der Waals surface area contributed by atoms with Gasteiger partial charge in [0.15, 0.2) is 0 Å². The highest BCUT2D eigenvalue weighted by Crippen LogP contribution is 2.29. The summed E-state index contributed by atoms with van der Waals surface area (Å²) in [5.74, 6) is 0.855. The Morgan fingerprint density at radius 2 is 1.89 bits per heavy atom. The van der Waals surface area contributed by atoms with E-state index in [9.17, 15) is 4.79 Å². The molecule has 4 rings (SSSR count). The fourth-order valence-electron chi connectivity index (χ4n) is 3.26. The number of carbonyl (C=O) groups is 1. The third-order valence-electron chi connectivity index (χ3n) is 4.68. The summed E-state index contributed by atoms with van der Waals surface area (Å²) in [6, 6.07) is 15.4. The van der Waals surface area contributed by atoms with Gasteiger partial charge < -0.3 is 14.4 Å². The zero-order chi connectivity index (χ0) is 18.6. The van der Waals surface area contributed by atoms with Crippen molar-refractivity contribution in [3.8, 4) is 10.9 Å². The van der Waals surface area contributed by atoms with Crippen LogP contribution in [0.1, 0.15) is 30.1 Å². The van der Waals surface area contributed by atoms with E-state index in [2.05, 4.69) is 11.1 Å². The monoisotopic (exact) mass is 382 g/mol. The van der Waals surface area contributed by atoms with Gasteiger partial charge in [0.2, 0.25) is 0 Å². The molecule has 0 atom stereocenters. The van der Waals surface area contributed by atoms with Gasteiger partial charge in [0.1, 0.15) is 11.9 Å². The van der Waals surface area contributed by atoms with Crippen molar-refractivity contribution in [2.24, 2.45) is 0 Å². The van der Waals surface area contributed by atoms with Crippen LogP contribution < -0.4 is 9.47 Å². The minimum atomic E-state index is 0.0662. The van der Waals surface area contributed by atoms with Crippen LogP contribution in [0.25, 0.3) is 10.2 Å². The Kier molecular flexibility index (Phi) is 5.25. The zero-order valence-corrected chi connectivity index (χ0v) is 16.1. The lowest BCUT2D eigenvalue weighted by Gasteiger charge is -2.31. The molecule has 3 aromatic rings. The number of hydrogen-bond donors (Lipinski definition) is 0. The molecule has 1 aliphatic heterocycles. The summed E-state index contributed by atoms with van der Waals surface area (Å²) >= 11 is 1.57. The molecule has 5 nitrogen and oxygen atoms in total. The van der Waals surface area contributed by atoms with Crippen molar-refractivity contribution in [1.82, 2.24) is 9.88 Å². The van der Waals surface area contributed by atoms with Crippen molar-refractivity contribution < 1.29 is 14.3 Å². The van der Waals surface area contributed by atoms with Crippen LogP contribution in [-0.4, -0.2) is 41.6 Å². The molecule has 0 radical (unpaired) electrons. The third kappa shape index (κ3) is 4.06. The first-order valence-electron chi connectivity index (χ1n) is 9.27. The maximum absolute atomic E-state index is 12.7. The molecule has 0 spiro atoms. The highest BCUT2D eigenvalue weighted by atomic mass is 32.1. The first-order chi connectivity index (χ1) is 13.2. The van der Waals surface area contributed by atoms with E-state index in [1.165, 1.54) is 0 Å². The van der Waals surface area contributed by atoms with E-state index < -0.39 is 0 Å². The Balaban J connectivity index is 1.33. The van der Waals surface area contributed by atoms with Gasteiger partial charge in [-0.15, -0.1) is 0 Å². The van der Waals surface area contributed by atoms with Crippen LogP contribution >= 0.6 is 11.3 Å². The van der Waals surface area contributed by atoms with Gasteiger partial charge in [0.05, 0.1) is 16.8 Å². The number of para-hydroxylation sites is 1. The van der Waals surface area contributed by atoms with E-state index >= 15 is 0 Å². The van der Waals surface area contributed by atoms with E-state index in [0.29, 0.717) is 30.5 Å². The third-order valence-corrected chi connectivity index (χ3v) is 5.61. The lowest BCUT2D eigenvalue weighted by atomic mass is 10.1. The topological polar surface area (TPSA) is 51.7 Å². The molecule has 1 aliphatic rings. The molecule has 1 fully saturated rings. The fraction of sp³-hybridized carbons (Fsp3) is 0.333. The van der Waals surface area contributed by atoms with E-state index in [1.54, 1.807) is 11.3 Å². The van der Waals surface area contributed by atoms with Crippen molar-refractivity contribution in [3.63, 3.8) is 0 Å². The number of likely N-dealkylation sites (tertiary alicyclic amines) is 1. The quantitative estimate of drug-likeness (QED) is 0.657. The van der Waals surface area contributed by atoms with Crippen molar-refractivity contribution in [2.45, 2.75) is 25.9 Å². The Hall–Kier alpha value is -2.60. The first-order valence-corrected chi connectivity index (χ1v) is 10.1. The fourth-order valence-corrected chi connectivity index (χ4v) is 4.14. The van der Waals surface area contributed by atoms with Crippen LogP contribution in [-0.2, 0) is 0 Å². The standard InChI is InChI=1S/C21H22N2O3S/c1-2-25-16-9-7-15(8-10-16)20(24)23-13-11-17(12-14-23)26-21-22-18-5-3-4-6-19(18)27-21/h3-10,17H,2,11-14H2,1H3. The van der Waals surface area contributed by atoms with Crippen molar-refractivity contribution in [2.75, 3.05) is 19.7 Å². The first kappa shape index (κ1) is 17.8. The molecule has 27 heavy (non-hydrogen) atoms. The van der Waals surface area contributed by atoms with Crippen LogP contribution in [0.2, 0.25) is 0 Å². The number of benzene rings is 2. The maximum Gasteiger partial charge on any atom is 0.274 e. The minimum Gasteiger partial charge on any atom is -0.494 e. The number of carbonyl (C=O) groups excluding carboxylic acids is 1. The van der Waals surface area contributed by atoms with E-state index in [1.807, 2.05) is 54.3 Å². The Bertz CT molecular complexity index is 882. The van der Waals surface area contributed by atoms with Crippen molar-refractivity contribution >= 4 is 27.5 Å². The Morgan fingerprint density at radius 3 is 2.59 bits per heavy atom. The highest BCUT2D eigenvalue weighted by molar-refractivity contribution is 7.20. The summed E-state index contributed by atoms with van der Waals surface area (Å²) in [5, 5.41) is 0.715. The number of thiazole rings is 1. The number of nitrogens with zero attached hydrogens (tertiary/aromatic N) is 2. The molecule has 6 heteroatoms. The maximum atomic E-state index is 12.7. The molecule has 0 bridgehead atoms. The number of aromatic nitrogens is 1. The van der Waals surface area contributed by atoms with Gasteiger partial charge in [0.25, 0.3) is 11.1 Å². The molecule has 1 saturated heterocycles. The number of ether oxygens (including phenoxy) is 2. The second-order valence-corrected chi connectivity index (χ2v) is 7.51. The van der Waals surface area contributed by atoms with E-state index in [-0.39, 0.29) is 12.0 Å². The van der Waals surface area contributed by atoms with Crippen LogP contribution in [0.4, 0.5) is 0 Å². The van der Waals surface area contributed by atoms with Crippen LogP contribution in [0.3, 0.4) is 0 Å². The lowest BCUT2D eigenvalue weighted by molar-refractivity contribution is 0.0595. The summed E-state index contributed by atoms with van der Waals surface area (Å²) in [6.07, 6.45) is 1.74.